The van der Waals surface area contributed by atoms with Crippen molar-refractivity contribution in [2.75, 3.05) is 19.7 Å². The molecule has 172 valence electrons. The summed E-state index contributed by atoms with van der Waals surface area (Å²) < 4.78 is 32.7. The van der Waals surface area contributed by atoms with Gasteiger partial charge in [-0.25, -0.2) is 8.42 Å². The van der Waals surface area contributed by atoms with E-state index in [1.807, 2.05) is 32.0 Å². The van der Waals surface area contributed by atoms with E-state index in [0.29, 0.717) is 18.8 Å². The summed E-state index contributed by atoms with van der Waals surface area (Å²) in [5, 5.41) is 0.0705. The summed E-state index contributed by atoms with van der Waals surface area (Å²) in [5.41, 5.74) is 6.23. The fourth-order valence-corrected chi connectivity index (χ4v) is 5.23. The van der Waals surface area contributed by atoms with Gasteiger partial charge in [-0.15, -0.1) is 0 Å². The van der Waals surface area contributed by atoms with E-state index in [9.17, 15) is 18.0 Å². The highest BCUT2D eigenvalue weighted by Gasteiger charge is 2.27. The predicted molar refractivity (Wildman–Crippen MR) is 121 cm³/mol. The Hall–Kier alpha value is -2.62. The lowest BCUT2D eigenvalue weighted by atomic mass is 10.1. The van der Waals surface area contributed by atoms with Gasteiger partial charge in [-0.3, -0.25) is 20.4 Å². The first kappa shape index (κ1) is 24.0. The number of hydrogen-bond donors (Lipinski definition) is 2. The zero-order valence-corrected chi connectivity index (χ0v) is 19.6. The highest BCUT2D eigenvalue weighted by molar-refractivity contribution is 7.89. The molecule has 2 N–H and O–H groups in total. The summed E-state index contributed by atoms with van der Waals surface area (Å²) >= 11 is 6.11. The second-order valence-electron chi connectivity index (χ2n) is 7.62. The van der Waals surface area contributed by atoms with Crippen LogP contribution in [0.25, 0.3) is 0 Å². The van der Waals surface area contributed by atoms with Crippen molar-refractivity contribution >= 4 is 33.4 Å². The number of nitrogens with one attached hydrogen (secondary N) is 2. The molecule has 8 nitrogen and oxygen atoms in total. The van der Waals surface area contributed by atoms with Gasteiger partial charge in [0, 0.05) is 13.1 Å². The van der Waals surface area contributed by atoms with E-state index < -0.39 is 21.8 Å². The van der Waals surface area contributed by atoms with Crippen LogP contribution in [-0.2, 0) is 14.8 Å². The molecule has 1 fully saturated rings. The Morgan fingerprint density at radius 3 is 2.34 bits per heavy atom. The average Bonchev–Trinajstić information content (AvgIpc) is 2.78. The minimum Gasteiger partial charge on any atom is -0.483 e. The van der Waals surface area contributed by atoms with Crippen molar-refractivity contribution < 1.29 is 22.7 Å². The molecule has 32 heavy (non-hydrogen) atoms. The topological polar surface area (TPSA) is 105 Å². The van der Waals surface area contributed by atoms with Crippen LogP contribution in [0.15, 0.2) is 41.3 Å². The summed E-state index contributed by atoms with van der Waals surface area (Å²) in [6.45, 7) is 4.33. The van der Waals surface area contributed by atoms with Gasteiger partial charge in [0.1, 0.15) is 5.75 Å². The first-order valence-electron chi connectivity index (χ1n) is 10.3. The molecule has 0 bridgehead atoms. The van der Waals surface area contributed by atoms with Crippen molar-refractivity contribution in [2.24, 2.45) is 0 Å². The van der Waals surface area contributed by atoms with E-state index >= 15 is 0 Å². The molecule has 10 heteroatoms. The summed E-state index contributed by atoms with van der Waals surface area (Å²) in [6, 6.07) is 9.59. The van der Waals surface area contributed by atoms with Crippen molar-refractivity contribution in [3.63, 3.8) is 0 Å². The van der Waals surface area contributed by atoms with Crippen LogP contribution in [0.1, 0.15) is 40.7 Å². The minimum absolute atomic E-state index is 0.0152. The highest BCUT2D eigenvalue weighted by Crippen LogP contribution is 2.25. The number of aryl methyl sites for hydroxylation is 2. The number of carbonyl (C=O) groups excluding carboxylic acids is 2. The standard InChI is InChI=1S/C22H26ClN3O5S/c1-15-7-6-8-16(2)21(15)31-14-20(27)24-25-22(28)18-13-17(9-10-19(18)23)32(29,30)26-11-4-3-5-12-26/h6-10,13H,3-5,11-12,14H2,1-2H3,(H,24,27)(H,25,28). The number of amides is 2. The Balaban J connectivity index is 1.63. The van der Waals surface area contributed by atoms with Crippen molar-refractivity contribution in [3.05, 3.63) is 58.1 Å². The van der Waals surface area contributed by atoms with Crippen LogP contribution in [0.3, 0.4) is 0 Å². The number of hydrazine groups is 1. The van der Waals surface area contributed by atoms with Crippen molar-refractivity contribution in [1.82, 2.24) is 15.2 Å². The summed E-state index contributed by atoms with van der Waals surface area (Å²) in [6.07, 6.45) is 2.60. The molecule has 2 amide bonds. The lowest BCUT2D eigenvalue weighted by Crippen LogP contribution is -2.44. The number of ether oxygens (including phenoxy) is 1. The fraction of sp³-hybridized carbons (Fsp3) is 0.364. The molecule has 0 radical (unpaired) electrons. The van der Waals surface area contributed by atoms with Gasteiger partial charge >= 0.3 is 0 Å². The molecular formula is C22H26ClN3O5S. The predicted octanol–water partition coefficient (Wildman–Crippen LogP) is 2.97. The molecule has 1 aliphatic rings. The number of piperidine rings is 1. The number of rotatable bonds is 6. The molecule has 0 aliphatic carbocycles. The van der Waals surface area contributed by atoms with Crippen LogP contribution in [0.2, 0.25) is 5.02 Å². The SMILES string of the molecule is Cc1cccc(C)c1OCC(=O)NNC(=O)c1cc(S(=O)(=O)N2CCCCC2)ccc1Cl. The van der Waals surface area contributed by atoms with Crippen LogP contribution in [0.4, 0.5) is 0 Å². The molecule has 0 spiro atoms. The first-order valence-corrected chi connectivity index (χ1v) is 12.1. The lowest BCUT2D eigenvalue weighted by Gasteiger charge is -2.26. The molecule has 0 saturated carbocycles. The molecular weight excluding hydrogens is 454 g/mol. The van der Waals surface area contributed by atoms with Crippen molar-refractivity contribution in [1.29, 1.82) is 0 Å². The van der Waals surface area contributed by atoms with Gasteiger partial charge in [0.2, 0.25) is 10.0 Å². The third kappa shape index (κ3) is 5.59. The third-order valence-electron chi connectivity index (χ3n) is 5.21. The Morgan fingerprint density at radius 1 is 1.03 bits per heavy atom. The second kappa shape index (κ2) is 10.3. The van der Waals surface area contributed by atoms with Gasteiger partial charge < -0.3 is 4.74 Å². The summed E-state index contributed by atoms with van der Waals surface area (Å²) in [4.78, 5) is 24.6. The van der Waals surface area contributed by atoms with E-state index in [1.165, 1.54) is 22.5 Å². The van der Waals surface area contributed by atoms with Crippen LogP contribution in [0, 0.1) is 13.8 Å². The first-order chi connectivity index (χ1) is 15.2. The van der Waals surface area contributed by atoms with Gasteiger partial charge in [0.25, 0.3) is 11.8 Å². The van der Waals surface area contributed by atoms with E-state index in [-0.39, 0.29) is 22.1 Å². The molecule has 0 aromatic heterocycles. The van der Waals surface area contributed by atoms with Crippen LogP contribution in [0.5, 0.6) is 5.75 Å². The number of para-hydroxylation sites is 1. The largest absolute Gasteiger partial charge is 0.483 e. The van der Waals surface area contributed by atoms with Crippen LogP contribution >= 0.6 is 11.6 Å². The second-order valence-corrected chi connectivity index (χ2v) is 9.96. The maximum atomic E-state index is 12.9. The van der Waals surface area contributed by atoms with Gasteiger partial charge in [-0.1, -0.05) is 36.2 Å². The average molecular weight is 480 g/mol. The van der Waals surface area contributed by atoms with Gasteiger partial charge in [-0.05, 0) is 56.0 Å². The number of benzene rings is 2. The molecule has 1 heterocycles. The lowest BCUT2D eigenvalue weighted by molar-refractivity contribution is -0.123. The molecule has 2 aromatic carbocycles. The number of hydrogen-bond acceptors (Lipinski definition) is 5. The molecule has 0 atom stereocenters. The Labute approximate surface area is 192 Å². The minimum atomic E-state index is -3.73. The molecule has 1 saturated heterocycles. The maximum Gasteiger partial charge on any atom is 0.276 e. The Bertz CT molecular complexity index is 1090. The number of sulfonamides is 1. The zero-order chi connectivity index (χ0) is 23.3. The number of nitrogens with zero attached hydrogens (tertiary/aromatic N) is 1. The van der Waals surface area contributed by atoms with E-state index in [1.54, 1.807) is 0 Å². The monoisotopic (exact) mass is 479 g/mol. The number of halogens is 1. The number of carbonyl (C=O) groups is 2. The fourth-order valence-electron chi connectivity index (χ4n) is 3.49. The van der Waals surface area contributed by atoms with E-state index in [2.05, 4.69) is 10.9 Å². The van der Waals surface area contributed by atoms with Gasteiger partial charge in [-0.2, -0.15) is 4.31 Å². The van der Waals surface area contributed by atoms with Crippen LogP contribution < -0.4 is 15.6 Å². The zero-order valence-electron chi connectivity index (χ0n) is 18.0. The molecule has 1 aliphatic heterocycles. The Kier molecular flexibility index (Phi) is 7.76. The highest BCUT2D eigenvalue weighted by atomic mass is 35.5. The maximum absolute atomic E-state index is 12.9. The van der Waals surface area contributed by atoms with Crippen molar-refractivity contribution in [2.45, 2.75) is 38.0 Å². The summed E-state index contributed by atoms with van der Waals surface area (Å²) in [5.74, 6) is -0.701. The normalized spacial score (nSPS) is 14.6. The molecule has 3 rings (SSSR count). The van der Waals surface area contributed by atoms with E-state index in [0.717, 1.165) is 30.4 Å². The smallest absolute Gasteiger partial charge is 0.276 e. The quantitative estimate of drug-likeness (QED) is 0.620. The Morgan fingerprint density at radius 2 is 1.69 bits per heavy atom. The summed E-state index contributed by atoms with van der Waals surface area (Å²) in [7, 11) is -3.73. The van der Waals surface area contributed by atoms with Gasteiger partial charge in [0.15, 0.2) is 6.61 Å². The van der Waals surface area contributed by atoms with Crippen LogP contribution in [-0.4, -0.2) is 44.2 Å². The van der Waals surface area contributed by atoms with Gasteiger partial charge in [0.05, 0.1) is 15.5 Å². The third-order valence-corrected chi connectivity index (χ3v) is 7.43. The van der Waals surface area contributed by atoms with E-state index in [4.69, 9.17) is 16.3 Å². The van der Waals surface area contributed by atoms with Crippen molar-refractivity contribution in [3.8, 4) is 5.75 Å². The molecule has 2 aromatic rings. The molecule has 0 unspecified atom stereocenters.